The molecule has 0 aromatic carbocycles. The Morgan fingerprint density at radius 2 is 2.06 bits per heavy atom. The van der Waals surface area contributed by atoms with Crippen LogP contribution in [0.15, 0.2) is 0 Å². The van der Waals surface area contributed by atoms with E-state index in [1.165, 1.54) is 6.42 Å². The van der Waals surface area contributed by atoms with E-state index >= 15 is 0 Å². The second-order valence-electron chi connectivity index (χ2n) is 5.36. The van der Waals surface area contributed by atoms with Gasteiger partial charge in [-0.15, -0.1) is 0 Å². The van der Waals surface area contributed by atoms with Crippen molar-refractivity contribution in [2.45, 2.75) is 46.1 Å². The molecule has 0 aliphatic carbocycles. The fourth-order valence-electron chi connectivity index (χ4n) is 2.34. The number of hydrogen-bond donors (Lipinski definition) is 1. The van der Waals surface area contributed by atoms with E-state index in [1.807, 2.05) is 11.9 Å². The molecule has 1 amide bonds. The highest BCUT2D eigenvalue weighted by Crippen LogP contribution is 2.25. The van der Waals surface area contributed by atoms with Crippen LogP contribution in [0.25, 0.3) is 0 Å². The molecular weight excluding hydrogens is 200 g/mol. The van der Waals surface area contributed by atoms with E-state index in [1.54, 1.807) is 0 Å². The number of amides is 1. The lowest BCUT2D eigenvalue weighted by Crippen LogP contribution is -2.40. The summed E-state index contributed by atoms with van der Waals surface area (Å²) in [6.45, 7) is 8.44. The maximum absolute atomic E-state index is 11.9. The number of likely N-dealkylation sites (N-methyl/N-ethyl adjacent to an activating group) is 1. The van der Waals surface area contributed by atoms with Crippen molar-refractivity contribution in [1.82, 2.24) is 10.2 Å². The number of nitrogens with zero attached hydrogens (tertiary/aromatic N) is 1. The molecule has 1 N–H and O–H groups in total. The molecule has 1 saturated heterocycles. The molecule has 0 aromatic heterocycles. The second-order valence-corrected chi connectivity index (χ2v) is 5.36. The van der Waals surface area contributed by atoms with Crippen molar-refractivity contribution < 1.29 is 4.79 Å². The average Bonchev–Trinajstić information content (AvgIpc) is 2.42. The standard InChI is InChI=1S/C13H26N2O/c1-10(2)12-5-6-13(16)15(8-7-12)9-11(3)14-4/h10-12,14H,5-9H2,1-4H3. The number of carbonyl (C=O) groups is 1. The fourth-order valence-corrected chi connectivity index (χ4v) is 2.34. The molecule has 3 nitrogen and oxygen atoms in total. The fraction of sp³-hybridized carbons (Fsp3) is 0.923. The number of carbonyl (C=O) groups excluding carboxylic acids is 1. The summed E-state index contributed by atoms with van der Waals surface area (Å²) in [6, 6.07) is 0.388. The van der Waals surface area contributed by atoms with Crippen molar-refractivity contribution in [3.8, 4) is 0 Å². The molecule has 0 spiro atoms. The first-order chi connectivity index (χ1) is 7.54. The SMILES string of the molecule is CNC(C)CN1CCC(C(C)C)CCC1=O. The molecule has 3 heteroatoms. The Hall–Kier alpha value is -0.570. The zero-order valence-corrected chi connectivity index (χ0v) is 11.1. The van der Waals surface area contributed by atoms with Crippen LogP contribution in [0.1, 0.15) is 40.0 Å². The highest BCUT2D eigenvalue weighted by Gasteiger charge is 2.24. The summed E-state index contributed by atoms with van der Waals surface area (Å²) in [4.78, 5) is 14.0. The minimum atomic E-state index is 0.338. The molecule has 1 fully saturated rings. The van der Waals surface area contributed by atoms with E-state index in [4.69, 9.17) is 0 Å². The van der Waals surface area contributed by atoms with Gasteiger partial charge in [0.2, 0.25) is 5.91 Å². The summed E-state index contributed by atoms with van der Waals surface area (Å²) in [6.07, 6.45) is 2.97. The van der Waals surface area contributed by atoms with Gasteiger partial charge < -0.3 is 10.2 Å². The molecule has 0 bridgehead atoms. The normalized spacial score (nSPS) is 24.7. The summed E-state index contributed by atoms with van der Waals surface area (Å²) in [5, 5.41) is 3.19. The van der Waals surface area contributed by atoms with Crippen molar-refractivity contribution in [2.24, 2.45) is 11.8 Å². The van der Waals surface area contributed by atoms with Gasteiger partial charge in [0.25, 0.3) is 0 Å². The monoisotopic (exact) mass is 226 g/mol. The van der Waals surface area contributed by atoms with Crippen LogP contribution in [-0.4, -0.2) is 37.0 Å². The minimum absolute atomic E-state index is 0.338. The van der Waals surface area contributed by atoms with Crippen LogP contribution in [0.4, 0.5) is 0 Å². The van der Waals surface area contributed by atoms with Crippen LogP contribution >= 0.6 is 0 Å². The molecular formula is C13H26N2O. The molecule has 1 aliphatic heterocycles. The molecule has 1 rings (SSSR count). The largest absolute Gasteiger partial charge is 0.341 e. The predicted molar refractivity (Wildman–Crippen MR) is 67.3 cm³/mol. The van der Waals surface area contributed by atoms with Crippen LogP contribution in [0.5, 0.6) is 0 Å². The first-order valence-corrected chi connectivity index (χ1v) is 6.49. The first kappa shape index (κ1) is 13.5. The van der Waals surface area contributed by atoms with Crippen molar-refractivity contribution in [3.63, 3.8) is 0 Å². The van der Waals surface area contributed by atoms with Crippen molar-refractivity contribution in [2.75, 3.05) is 20.1 Å². The number of hydrogen-bond acceptors (Lipinski definition) is 2. The van der Waals surface area contributed by atoms with E-state index in [9.17, 15) is 4.79 Å². The Balaban J connectivity index is 2.50. The molecule has 0 aromatic rings. The van der Waals surface area contributed by atoms with Crippen LogP contribution in [0.2, 0.25) is 0 Å². The molecule has 1 heterocycles. The van der Waals surface area contributed by atoms with Crippen molar-refractivity contribution >= 4 is 5.91 Å². The molecule has 16 heavy (non-hydrogen) atoms. The molecule has 0 radical (unpaired) electrons. The van der Waals surface area contributed by atoms with Gasteiger partial charge in [-0.05, 0) is 38.6 Å². The summed E-state index contributed by atoms with van der Waals surface area (Å²) >= 11 is 0. The molecule has 1 aliphatic rings. The maximum atomic E-state index is 11.9. The van der Waals surface area contributed by atoms with Gasteiger partial charge in [-0.1, -0.05) is 13.8 Å². The Morgan fingerprint density at radius 3 is 2.62 bits per heavy atom. The van der Waals surface area contributed by atoms with Crippen LogP contribution in [0, 0.1) is 11.8 Å². The van der Waals surface area contributed by atoms with Gasteiger partial charge >= 0.3 is 0 Å². The average molecular weight is 226 g/mol. The van der Waals surface area contributed by atoms with Crippen molar-refractivity contribution in [3.05, 3.63) is 0 Å². The molecule has 94 valence electrons. The van der Waals surface area contributed by atoms with Crippen LogP contribution < -0.4 is 5.32 Å². The number of rotatable bonds is 4. The third-order valence-corrected chi connectivity index (χ3v) is 3.78. The van der Waals surface area contributed by atoms with E-state index in [2.05, 4.69) is 26.1 Å². The highest BCUT2D eigenvalue weighted by atomic mass is 16.2. The van der Waals surface area contributed by atoms with E-state index in [0.29, 0.717) is 17.9 Å². The minimum Gasteiger partial charge on any atom is -0.341 e. The van der Waals surface area contributed by atoms with E-state index in [-0.39, 0.29) is 0 Å². The van der Waals surface area contributed by atoms with Gasteiger partial charge in [-0.25, -0.2) is 0 Å². The maximum Gasteiger partial charge on any atom is 0.222 e. The topological polar surface area (TPSA) is 32.3 Å². The predicted octanol–water partition coefficient (Wildman–Crippen LogP) is 1.88. The second kappa shape index (κ2) is 6.24. The Bertz CT molecular complexity index is 228. The Morgan fingerprint density at radius 1 is 1.38 bits per heavy atom. The van der Waals surface area contributed by atoms with Gasteiger partial charge in [-0.2, -0.15) is 0 Å². The summed E-state index contributed by atoms with van der Waals surface area (Å²) in [7, 11) is 1.95. The van der Waals surface area contributed by atoms with E-state index < -0.39 is 0 Å². The van der Waals surface area contributed by atoms with Crippen LogP contribution in [-0.2, 0) is 4.79 Å². The Labute approximate surface area is 99.6 Å². The quantitative estimate of drug-likeness (QED) is 0.794. The summed E-state index contributed by atoms with van der Waals surface area (Å²) in [5.41, 5.74) is 0. The molecule has 0 saturated carbocycles. The summed E-state index contributed by atoms with van der Waals surface area (Å²) < 4.78 is 0. The zero-order chi connectivity index (χ0) is 12.1. The Kier molecular flexibility index (Phi) is 5.26. The molecule has 2 unspecified atom stereocenters. The van der Waals surface area contributed by atoms with Crippen molar-refractivity contribution in [1.29, 1.82) is 0 Å². The van der Waals surface area contributed by atoms with Gasteiger partial charge in [0.15, 0.2) is 0 Å². The highest BCUT2D eigenvalue weighted by molar-refractivity contribution is 5.76. The van der Waals surface area contributed by atoms with Gasteiger partial charge in [0.1, 0.15) is 0 Å². The lowest BCUT2D eigenvalue weighted by Gasteiger charge is -2.24. The third-order valence-electron chi connectivity index (χ3n) is 3.78. The lowest BCUT2D eigenvalue weighted by atomic mass is 9.89. The van der Waals surface area contributed by atoms with Gasteiger partial charge in [-0.3, -0.25) is 4.79 Å². The van der Waals surface area contributed by atoms with E-state index in [0.717, 1.165) is 31.8 Å². The lowest BCUT2D eigenvalue weighted by molar-refractivity contribution is -0.131. The van der Waals surface area contributed by atoms with Crippen LogP contribution in [0.3, 0.4) is 0 Å². The van der Waals surface area contributed by atoms with Gasteiger partial charge in [0.05, 0.1) is 0 Å². The molecule has 2 atom stereocenters. The summed E-state index contributed by atoms with van der Waals surface area (Å²) in [5.74, 6) is 1.76. The number of nitrogens with one attached hydrogen (secondary N) is 1. The zero-order valence-electron chi connectivity index (χ0n) is 11.1. The first-order valence-electron chi connectivity index (χ1n) is 6.49. The number of likely N-dealkylation sites (tertiary alicyclic amines) is 1. The third kappa shape index (κ3) is 3.78. The van der Waals surface area contributed by atoms with Gasteiger partial charge in [0, 0.05) is 25.6 Å². The smallest absolute Gasteiger partial charge is 0.222 e.